The lowest BCUT2D eigenvalue weighted by molar-refractivity contribution is -0.113. The van der Waals surface area contributed by atoms with Gasteiger partial charge in [0.2, 0.25) is 5.91 Å². The van der Waals surface area contributed by atoms with Crippen molar-refractivity contribution in [2.24, 2.45) is 0 Å². The highest BCUT2D eigenvalue weighted by Crippen LogP contribution is 2.28. The third-order valence-electron chi connectivity index (χ3n) is 4.21. The molecule has 4 rings (SSSR count). The fraction of sp³-hybridized carbons (Fsp3) is 0.238. The summed E-state index contributed by atoms with van der Waals surface area (Å²) >= 11 is 2.73. The van der Waals surface area contributed by atoms with Crippen molar-refractivity contribution in [3.05, 3.63) is 59.6 Å². The highest BCUT2D eigenvalue weighted by Gasteiger charge is 2.21. The average molecular weight is 440 g/mol. The van der Waals surface area contributed by atoms with Gasteiger partial charge in [0.1, 0.15) is 5.82 Å². The second-order valence-electron chi connectivity index (χ2n) is 7.60. The fourth-order valence-electron chi connectivity index (χ4n) is 2.68. The van der Waals surface area contributed by atoms with Gasteiger partial charge in [0.25, 0.3) is 11.1 Å². The van der Waals surface area contributed by atoms with Crippen molar-refractivity contribution in [1.82, 2.24) is 20.0 Å². The molecule has 0 radical (unpaired) electrons. The number of rotatable bonds is 6. The van der Waals surface area contributed by atoms with Crippen LogP contribution in [-0.2, 0) is 10.2 Å². The van der Waals surface area contributed by atoms with Crippen molar-refractivity contribution in [3.63, 3.8) is 0 Å². The van der Waals surface area contributed by atoms with Crippen LogP contribution in [0, 0.1) is 0 Å². The quantitative estimate of drug-likeness (QED) is 0.425. The highest BCUT2D eigenvalue weighted by molar-refractivity contribution is 7.99. The van der Waals surface area contributed by atoms with E-state index in [9.17, 15) is 4.79 Å². The van der Waals surface area contributed by atoms with Crippen LogP contribution in [0.25, 0.3) is 16.5 Å². The molecular formula is C21H21N5O2S2. The smallest absolute Gasteiger partial charge is 0.277 e. The van der Waals surface area contributed by atoms with Gasteiger partial charge in [-0.25, -0.2) is 4.68 Å². The Morgan fingerprint density at radius 1 is 1.17 bits per heavy atom. The van der Waals surface area contributed by atoms with Crippen LogP contribution in [0.5, 0.6) is 0 Å². The molecule has 7 nitrogen and oxygen atoms in total. The number of anilines is 1. The molecule has 0 aliphatic rings. The number of para-hydroxylation sites is 1. The van der Waals surface area contributed by atoms with Crippen LogP contribution in [-0.4, -0.2) is 31.6 Å². The third kappa shape index (κ3) is 4.63. The van der Waals surface area contributed by atoms with Gasteiger partial charge < -0.3 is 9.73 Å². The normalized spacial score (nSPS) is 11.6. The van der Waals surface area contributed by atoms with Crippen molar-refractivity contribution in [3.8, 4) is 16.5 Å². The zero-order valence-corrected chi connectivity index (χ0v) is 18.5. The summed E-state index contributed by atoms with van der Waals surface area (Å²) in [7, 11) is 0. The lowest BCUT2D eigenvalue weighted by Crippen LogP contribution is -2.17. The van der Waals surface area contributed by atoms with Crippen LogP contribution < -0.4 is 5.32 Å². The molecule has 1 amide bonds. The Kier molecular flexibility index (Phi) is 5.74. The SMILES string of the molecule is CC(C)(C)c1cc(NC(=O)CSc2nnc(-c3cccs3)o2)n(-c2ccccc2)n1. The Morgan fingerprint density at radius 2 is 1.97 bits per heavy atom. The monoisotopic (exact) mass is 439 g/mol. The summed E-state index contributed by atoms with van der Waals surface area (Å²) in [4.78, 5) is 13.5. The van der Waals surface area contributed by atoms with Crippen LogP contribution in [0.2, 0.25) is 0 Å². The first-order chi connectivity index (χ1) is 14.4. The van der Waals surface area contributed by atoms with E-state index >= 15 is 0 Å². The van der Waals surface area contributed by atoms with Gasteiger partial charge in [-0.05, 0) is 23.6 Å². The predicted molar refractivity (Wildman–Crippen MR) is 119 cm³/mol. The molecule has 0 saturated heterocycles. The van der Waals surface area contributed by atoms with Crippen LogP contribution in [0.15, 0.2) is 63.6 Å². The molecule has 0 spiro atoms. The van der Waals surface area contributed by atoms with E-state index in [4.69, 9.17) is 9.52 Å². The van der Waals surface area contributed by atoms with Crippen LogP contribution in [0.4, 0.5) is 5.82 Å². The van der Waals surface area contributed by atoms with E-state index < -0.39 is 0 Å². The minimum absolute atomic E-state index is 0.143. The molecule has 1 N–H and O–H groups in total. The van der Waals surface area contributed by atoms with Gasteiger partial charge in [0.15, 0.2) is 0 Å². The summed E-state index contributed by atoms with van der Waals surface area (Å²) < 4.78 is 7.38. The van der Waals surface area contributed by atoms with Gasteiger partial charge in [-0.15, -0.1) is 21.5 Å². The first-order valence-electron chi connectivity index (χ1n) is 9.36. The highest BCUT2D eigenvalue weighted by atomic mass is 32.2. The van der Waals surface area contributed by atoms with Crippen LogP contribution >= 0.6 is 23.1 Å². The Bertz CT molecular complexity index is 1130. The summed E-state index contributed by atoms with van der Waals surface area (Å²) in [6.45, 7) is 6.27. The molecule has 0 atom stereocenters. The number of benzene rings is 1. The summed E-state index contributed by atoms with van der Waals surface area (Å²) in [5.41, 5.74) is 1.64. The lowest BCUT2D eigenvalue weighted by Gasteiger charge is -2.14. The van der Waals surface area contributed by atoms with Gasteiger partial charge in [-0.3, -0.25) is 4.79 Å². The van der Waals surface area contributed by atoms with Crippen molar-refractivity contribution in [1.29, 1.82) is 0 Å². The first-order valence-corrected chi connectivity index (χ1v) is 11.2. The third-order valence-corrected chi connectivity index (χ3v) is 5.89. The molecule has 30 heavy (non-hydrogen) atoms. The molecule has 0 unspecified atom stereocenters. The van der Waals surface area contributed by atoms with Gasteiger partial charge in [0, 0.05) is 11.5 Å². The van der Waals surface area contributed by atoms with Crippen molar-refractivity contribution in [2.45, 2.75) is 31.4 Å². The van der Waals surface area contributed by atoms with E-state index in [2.05, 4.69) is 36.3 Å². The Balaban J connectivity index is 1.47. The topological polar surface area (TPSA) is 85.8 Å². The Hall–Kier alpha value is -2.91. The number of carbonyl (C=O) groups excluding carboxylic acids is 1. The molecule has 0 fully saturated rings. The molecule has 0 aliphatic carbocycles. The van der Waals surface area contributed by atoms with Gasteiger partial charge >= 0.3 is 0 Å². The summed E-state index contributed by atoms with van der Waals surface area (Å²) in [5, 5.41) is 18.0. The zero-order chi connectivity index (χ0) is 21.1. The number of thioether (sulfide) groups is 1. The number of amides is 1. The molecule has 1 aromatic carbocycles. The lowest BCUT2D eigenvalue weighted by atomic mass is 9.92. The van der Waals surface area contributed by atoms with Crippen molar-refractivity contribution in [2.75, 3.05) is 11.1 Å². The number of thiophene rings is 1. The first kappa shape index (κ1) is 20.4. The number of hydrogen-bond donors (Lipinski definition) is 1. The second-order valence-corrected chi connectivity index (χ2v) is 9.47. The summed E-state index contributed by atoms with van der Waals surface area (Å²) in [5.74, 6) is 1.07. The Morgan fingerprint density at radius 3 is 2.67 bits per heavy atom. The molecular weight excluding hydrogens is 418 g/mol. The van der Waals surface area contributed by atoms with Gasteiger partial charge in [-0.2, -0.15) is 5.10 Å². The summed E-state index contributed by atoms with van der Waals surface area (Å²) in [6.07, 6.45) is 0. The molecule has 0 saturated carbocycles. The van der Waals surface area contributed by atoms with E-state index in [-0.39, 0.29) is 17.1 Å². The maximum absolute atomic E-state index is 12.6. The molecule has 3 aromatic heterocycles. The Labute approximate surface area is 182 Å². The largest absolute Gasteiger partial charge is 0.410 e. The molecule has 0 bridgehead atoms. The van der Waals surface area contributed by atoms with Crippen LogP contribution in [0.1, 0.15) is 26.5 Å². The number of aromatic nitrogens is 4. The van der Waals surface area contributed by atoms with Crippen molar-refractivity contribution >= 4 is 34.8 Å². The van der Waals surface area contributed by atoms with Crippen LogP contribution in [0.3, 0.4) is 0 Å². The zero-order valence-electron chi connectivity index (χ0n) is 16.8. The van der Waals surface area contributed by atoms with E-state index in [1.54, 1.807) is 4.68 Å². The van der Waals surface area contributed by atoms with E-state index in [0.717, 1.165) is 16.3 Å². The molecule has 154 valence electrons. The number of nitrogens with zero attached hydrogens (tertiary/aromatic N) is 4. The standard InChI is InChI=1S/C21H21N5O2S2/c1-21(2,3)16-12-17(26(25-16)14-8-5-4-6-9-14)22-18(27)13-30-20-24-23-19(28-20)15-10-7-11-29-15/h4-12H,13H2,1-3H3,(H,22,27). The number of nitrogens with one attached hydrogen (secondary N) is 1. The molecule has 0 aliphatic heterocycles. The maximum atomic E-state index is 12.6. The molecule has 9 heteroatoms. The van der Waals surface area contributed by atoms with Crippen molar-refractivity contribution < 1.29 is 9.21 Å². The minimum atomic E-state index is -0.173. The average Bonchev–Trinajstić information content (AvgIpc) is 3.46. The predicted octanol–water partition coefficient (Wildman–Crippen LogP) is 5.01. The van der Waals surface area contributed by atoms with Gasteiger partial charge in [-0.1, -0.05) is 56.8 Å². The molecule has 3 heterocycles. The summed E-state index contributed by atoms with van der Waals surface area (Å²) in [6, 6.07) is 15.5. The minimum Gasteiger partial charge on any atom is -0.410 e. The van der Waals surface area contributed by atoms with E-state index in [1.807, 2.05) is 53.9 Å². The van der Waals surface area contributed by atoms with Gasteiger partial charge in [0.05, 0.1) is 22.0 Å². The fourth-order valence-corrected chi connectivity index (χ4v) is 3.88. The second kappa shape index (κ2) is 8.45. The molecule has 4 aromatic rings. The number of hydrogen-bond acceptors (Lipinski definition) is 7. The maximum Gasteiger partial charge on any atom is 0.277 e. The van der Waals surface area contributed by atoms with E-state index in [0.29, 0.717) is 16.9 Å². The van der Waals surface area contributed by atoms with E-state index in [1.165, 1.54) is 23.1 Å². The number of carbonyl (C=O) groups is 1.